The van der Waals surface area contributed by atoms with Crippen molar-refractivity contribution in [2.24, 2.45) is 0 Å². The molecule has 0 spiro atoms. The summed E-state index contributed by atoms with van der Waals surface area (Å²) in [4.78, 5) is 22.8. The van der Waals surface area contributed by atoms with Gasteiger partial charge in [-0.15, -0.1) is 0 Å². The molecule has 1 heterocycles. The van der Waals surface area contributed by atoms with Crippen LogP contribution in [0, 0.1) is 0 Å². The van der Waals surface area contributed by atoms with Gasteiger partial charge in [0.25, 0.3) is 0 Å². The van der Waals surface area contributed by atoms with Gasteiger partial charge in [-0.3, -0.25) is 9.59 Å². The first kappa shape index (κ1) is 15.0. The molecule has 1 atom stereocenters. The fourth-order valence-electron chi connectivity index (χ4n) is 2.18. The van der Waals surface area contributed by atoms with Crippen LogP contribution in [0.15, 0.2) is 0 Å². The highest BCUT2D eigenvalue weighted by Crippen LogP contribution is 2.21. The summed E-state index contributed by atoms with van der Waals surface area (Å²) < 4.78 is 0. The van der Waals surface area contributed by atoms with Gasteiger partial charge >= 0.3 is 5.97 Å². The van der Waals surface area contributed by atoms with Gasteiger partial charge < -0.3 is 15.7 Å². The largest absolute Gasteiger partial charge is 0.481 e. The Morgan fingerprint density at radius 2 is 2.06 bits per heavy atom. The molecule has 1 amide bonds. The molecule has 1 rings (SSSR count). The van der Waals surface area contributed by atoms with Gasteiger partial charge in [-0.1, -0.05) is 0 Å². The quantitative estimate of drug-likeness (QED) is 0.692. The van der Waals surface area contributed by atoms with E-state index in [0.717, 1.165) is 25.8 Å². The van der Waals surface area contributed by atoms with E-state index >= 15 is 0 Å². The SMILES string of the molecule is CC(C)(CCC(=O)O)NC(=O)C1(C)CCCCN1. The minimum atomic E-state index is -0.834. The summed E-state index contributed by atoms with van der Waals surface area (Å²) in [5.41, 5.74) is -1.00. The standard InChI is InChI=1S/C13H24N2O3/c1-12(2,8-6-10(16)17)15-11(18)13(3)7-4-5-9-14-13/h14H,4-9H2,1-3H3,(H,15,18)(H,16,17). The molecule has 0 aromatic rings. The number of piperidine rings is 1. The molecule has 5 nitrogen and oxygen atoms in total. The summed E-state index contributed by atoms with van der Waals surface area (Å²) in [6, 6.07) is 0. The highest BCUT2D eigenvalue weighted by molar-refractivity contribution is 5.86. The lowest BCUT2D eigenvalue weighted by molar-refractivity contribution is -0.138. The molecule has 0 aliphatic carbocycles. The van der Waals surface area contributed by atoms with Crippen molar-refractivity contribution >= 4 is 11.9 Å². The third-order valence-corrected chi connectivity index (χ3v) is 3.54. The highest BCUT2D eigenvalue weighted by atomic mass is 16.4. The van der Waals surface area contributed by atoms with Gasteiger partial charge in [0.05, 0.1) is 5.54 Å². The molecule has 104 valence electrons. The lowest BCUT2D eigenvalue weighted by atomic mass is 9.88. The molecular weight excluding hydrogens is 232 g/mol. The summed E-state index contributed by atoms with van der Waals surface area (Å²) in [5, 5.41) is 14.9. The molecule has 0 aromatic carbocycles. The molecule has 0 saturated carbocycles. The summed E-state index contributed by atoms with van der Waals surface area (Å²) in [5.74, 6) is -0.864. The number of aliphatic carboxylic acids is 1. The van der Waals surface area contributed by atoms with Crippen LogP contribution in [0.2, 0.25) is 0 Å². The maximum atomic E-state index is 12.3. The number of carboxylic acid groups (broad SMARTS) is 1. The molecule has 3 N–H and O–H groups in total. The first-order chi connectivity index (χ1) is 8.25. The normalized spacial score (nSPS) is 24.6. The van der Waals surface area contributed by atoms with E-state index in [1.807, 2.05) is 20.8 Å². The van der Waals surface area contributed by atoms with Crippen LogP contribution in [-0.2, 0) is 9.59 Å². The highest BCUT2D eigenvalue weighted by Gasteiger charge is 2.36. The summed E-state index contributed by atoms with van der Waals surface area (Å²) in [6.07, 6.45) is 3.48. The number of carboxylic acids is 1. The number of hydrogen-bond acceptors (Lipinski definition) is 3. The monoisotopic (exact) mass is 256 g/mol. The van der Waals surface area contributed by atoms with E-state index in [4.69, 9.17) is 5.11 Å². The average molecular weight is 256 g/mol. The van der Waals surface area contributed by atoms with Crippen LogP contribution in [0.1, 0.15) is 52.9 Å². The fourth-order valence-corrected chi connectivity index (χ4v) is 2.18. The minimum Gasteiger partial charge on any atom is -0.481 e. The van der Waals surface area contributed by atoms with E-state index in [1.54, 1.807) is 0 Å². The molecule has 1 fully saturated rings. The van der Waals surface area contributed by atoms with Gasteiger partial charge in [0.1, 0.15) is 0 Å². The number of carbonyl (C=O) groups is 2. The van der Waals surface area contributed by atoms with Crippen molar-refractivity contribution in [2.45, 2.75) is 64.0 Å². The Balaban J connectivity index is 2.54. The van der Waals surface area contributed by atoms with Crippen molar-refractivity contribution < 1.29 is 14.7 Å². The van der Waals surface area contributed by atoms with E-state index in [0.29, 0.717) is 6.42 Å². The average Bonchev–Trinajstić information content (AvgIpc) is 2.27. The first-order valence-corrected chi connectivity index (χ1v) is 6.55. The minimum absolute atomic E-state index is 0.0300. The van der Waals surface area contributed by atoms with Crippen molar-refractivity contribution in [1.29, 1.82) is 0 Å². The van der Waals surface area contributed by atoms with E-state index in [2.05, 4.69) is 10.6 Å². The second kappa shape index (κ2) is 5.69. The van der Waals surface area contributed by atoms with Gasteiger partial charge in [0.15, 0.2) is 0 Å². The predicted molar refractivity (Wildman–Crippen MR) is 69.4 cm³/mol. The first-order valence-electron chi connectivity index (χ1n) is 6.55. The Kier molecular flexibility index (Phi) is 4.73. The van der Waals surface area contributed by atoms with Crippen LogP contribution >= 0.6 is 0 Å². The smallest absolute Gasteiger partial charge is 0.303 e. The molecule has 1 saturated heterocycles. The molecule has 1 aliphatic heterocycles. The molecule has 0 radical (unpaired) electrons. The second-order valence-electron chi connectivity index (χ2n) is 5.95. The third kappa shape index (κ3) is 4.29. The maximum Gasteiger partial charge on any atom is 0.303 e. The van der Waals surface area contributed by atoms with Gasteiger partial charge in [-0.25, -0.2) is 0 Å². The number of amides is 1. The Morgan fingerprint density at radius 3 is 2.56 bits per heavy atom. The zero-order valence-corrected chi connectivity index (χ0v) is 11.5. The lowest BCUT2D eigenvalue weighted by Gasteiger charge is -2.37. The molecule has 1 unspecified atom stereocenters. The van der Waals surface area contributed by atoms with Crippen molar-refractivity contribution in [3.63, 3.8) is 0 Å². The predicted octanol–water partition coefficient (Wildman–Crippen LogP) is 1.28. The molecule has 5 heteroatoms. The zero-order chi connectivity index (χ0) is 13.8. The van der Waals surface area contributed by atoms with Gasteiger partial charge in [-0.05, 0) is 53.0 Å². The van der Waals surface area contributed by atoms with Crippen LogP contribution in [-0.4, -0.2) is 34.6 Å². The van der Waals surface area contributed by atoms with Crippen molar-refractivity contribution in [3.05, 3.63) is 0 Å². The van der Waals surface area contributed by atoms with E-state index in [9.17, 15) is 9.59 Å². The van der Waals surface area contributed by atoms with Crippen LogP contribution < -0.4 is 10.6 Å². The van der Waals surface area contributed by atoms with E-state index < -0.39 is 17.0 Å². The topological polar surface area (TPSA) is 78.4 Å². The molecule has 0 aromatic heterocycles. The lowest BCUT2D eigenvalue weighted by Crippen LogP contribution is -2.60. The molecule has 18 heavy (non-hydrogen) atoms. The van der Waals surface area contributed by atoms with E-state index in [-0.39, 0.29) is 12.3 Å². The van der Waals surface area contributed by atoms with Crippen molar-refractivity contribution in [3.8, 4) is 0 Å². The Hall–Kier alpha value is -1.10. The fraction of sp³-hybridized carbons (Fsp3) is 0.846. The number of hydrogen-bond donors (Lipinski definition) is 3. The Labute approximate surface area is 108 Å². The molecule has 1 aliphatic rings. The van der Waals surface area contributed by atoms with Crippen molar-refractivity contribution in [1.82, 2.24) is 10.6 Å². The summed E-state index contributed by atoms with van der Waals surface area (Å²) in [7, 11) is 0. The van der Waals surface area contributed by atoms with Gasteiger partial charge in [0.2, 0.25) is 5.91 Å². The van der Waals surface area contributed by atoms with Crippen LogP contribution in [0.3, 0.4) is 0 Å². The third-order valence-electron chi connectivity index (χ3n) is 3.54. The molecular formula is C13H24N2O3. The zero-order valence-electron chi connectivity index (χ0n) is 11.5. The Morgan fingerprint density at radius 1 is 1.39 bits per heavy atom. The number of carbonyl (C=O) groups excluding carboxylic acids is 1. The Bertz CT molecular complexity index is 320. The number of nitrogens with one attached hydrogen (secondary N) is 2. The number of rotatable bonds is 5. The van der Waals surface area contributed by atoms with Crippen LogP contribution in [0.5, 0.6) is 0 Å². The van der Waals surface area contributed by atoms with Crippen LogP contribution in [0.4, 0.5) is 0 Å². The second-order valence-corrected chi connectivity index (χ2v) is 5.95. The van der Waals surface area contributed by atoms with Gasteiger partial charge in [-0.2, -0.15) is 0 Å². The van der Waals surface area contributed by atoms with Crippen molar-refractivity contribution in [2.75, 3.05) is 6.54 Å². The summed E-state index contributed by atoms with van der Waals surface area (Å²) in [6.45, 7) is 6.49. The van der Waals surface area contributed by atoms with Crippen LogP contribution in [0.25, 0.3) is 0 Å². The maximum absolute atomic E-state index is 12.3. The molecule has 0 bridgehead atoms. The van der Waals surface area contributed by atoms with Gasteiger partial charge in [0, 0.05) is 12.0 Å². The summed E-state index contributed by atoms with van der Waals surface area (Å²) >= 11 is 0. The van der Waals surface area contributed by atoms with E-state index in [1.165, 1.54) is 0 Å².